The van der Waals surface area contributed by atoms with Crippen LogP contribution >= 0.6 is 22.6 Å². The van der Waals surface area contributed by atoms with E-state index >= 15 is 0 Å². The van der Waals surface area contributed by atoms with Crippen LogP contribution in [0.1, 0.15) is 12.0 Å². The molecule has 0 radical (unpaired) electrons. The van der Waals surface area contributed by atoms with Crippen LogP contribution in [-0.2, 0) is 10.2 Å². The van der Waals surface area contributed by atoms with Gasteiger partial charge in [-0.15, -0.1) is 0 Å². The summed E-state index contributed by atoms with van der Waals surface area (Å²) < 4.78 is 12.6. The Morgan fingerprint density at radius 3 is 3.00 bits per heavy atom. The summed E-state index contributed by atoms with van der Waals surface area (Å²) in [5, 5.41) is 0. The van der Waals surface area contributed by atoms with Gasteiger partial charge >= 0.3 is 0 Å². The third kappa shape index (κ3) is 1.47. The molecule has 3 rings (SSSR count). The monoisotopic (exact) mass is 316 g/mol. The molecule has 2 heterocycles. The number of halogens is 1. The highest BCUT2D eigenvalue weighted by molar-refractivity contribution is 14.1. The van der Waals surface area contributed by atoms with Gasteiger partial charge in [-0.05, 0) is 12.5 Å². The highest BCUT2D eigenvalue weighted by atomic mass is 127. The quantitative estimate of drug-likeness (QED) is 0.586. The first-order valence-electron chi connectivity index (χ1n) is 5.24. The number of rotatable bonds is 1. The lowest BCUT2D eigenvalue weighted by Crippen LogP contribution is -2.28. The normalized spacial score (nSPS) is 33.0. The summed E-state index contributed by atoms with van der Waals surface area (Å²) in [4.78, 5) is 0. The maximum Gasteiger partial charge on any atom is 0.123 e. The fraction of sp³-hybridized carbons (Fsp3) is 0.500. The fourth-order valence-electron chi connectivity index (χ4n) is 2.54. The van der Waals surface area contributed by atoms with Crippen LogP contribution in [0.5, 0.6) is 5.75 Å². The molecular weight excluding hydrogens is 303 g/mol. The number of alkyl halides is 1. The summed E-state index contributed by atoms with van der Waals surface area (Å²) in [6.07, 6.45) is 1.51. The van der Waals surface area contributed by atoms with Crippen molar-refractivity contribution in [1.82, 2.24) is 0 Å². The molecule has 0 saturated carbocycles. The Morgan fingerprint density at radius 2 is 2.20 bits per heavy atom. The second kappa shape index (κ2) is 3.63. The first-order valence-corrected chi connectivity index (χ1v) is 6.76. The van der Waals surface area contributed by atoms with Crippen LogP contribution in [-0.4, -0.2) is 23.7 Å². The van der Waals surface area contributed by atoms with E-state index in [1.165, 1.54) is 5.56 Å². The van der Waals surface area contributed by atoms with E-state index in [2.05, 4.69) is 40.8 Å². The topological polar surface area (TPSA) is 18.5 Å². The molecule has 3 heteroatoms. The Labute approximate surface area is 103 Å². The third-order valence-electron chi connectivity index (χ3n) is 3.35. The van der Waals surface area contributed by atoms with Crippen molar-refractivity contribution in [3.63, 3.8) is 0 Å². The van der Waals surface area contributed by atoms with Crippen molar-refractivity contribution in [1.29, 1.82) is 0 Å². The van der Waals surface area contributed by atoms with Gasteiger partial charge in [0.25, 0.3) is 0 Å². The number of ether oxygens (including phenoxy) is 2. The second-order valence-corrected chi connectivity index (χ2v) is 5.24. The summed E-state index contributed by atoms with van der Waals surface area (Å²) in [5.74, 6) is 1.05. The SMILES string of the molecule is IC[C@H]1C[C@@]2(COc3ccccc32)CO1. The zero-order valence-corrected chi connectivity index (χ0v) is 10.6. The molecule has 15 heavy (non-hydrogen) atoms. The maximum atomic E-state index is 5.81. The summed E-state index contributed by atoms with van der Waals surface area (Å²) in [7, 11) is 0. The second-order valence-electron chi connectivity index (χ2n) is 4.36. The van der Waals surface area contributed by atoms with Gasteiger partial charge in [-0.25, -0.2) is 0 Å². The van der Waals surface area contributed by atoms with Crippen molar-refractivity contribution >= 4 is 22.6 Å². The minimum Gasteiger partial charge on any atom is -0.492 e. The van der Waals surface area contributed by atoms with Crippen molar-refractivity contribution < 1.29 is 9.47 Å². The Balaban J connectivity index is 1.96. The Kier molecular flexibility index (Phi) is 2.39. The molecule has 0 aromatic heterocycles. The van der Waals surface area contributed by atoms with E-state index in [0.29, 0.717) is 6.10 Å². The lowest BCUT2D eigenvalue weighted by atomic mass is 9.81. The molecular formula is C12H13IO2. The summed E-state index contributed by atoms with van der Waals surface area (Å²) in [6.45, 7) is 1.61. The van der Waals surface area contributed by atoms with Crippen molar-refractivity contribution in [3.05, 3.63) is 29.8 Å². The zero-order chi connectivity index (χ0) is 10.3. The molecule has 0 N–H and O–H groups in total. The standard InChI is InChI=1S/C12H13IO2/c13-6-9-5-12(7-14-9)8-15-11-4-2-1-3-10(11)12/h1-4,9H,5-8H2/t9-,12+/m1/s1. The van der Waals surface area contributed by atoms with Gasteiger partial charge in [0.1, 0.15) is 12.4 Å². The van der Waals surface area contributed by atoms with Crippen LogP contribution in [0.25, 0.3) is 0 Å². The molecule has 2 aliphatic rings. The highest BCUT2D eigenvalue weighted by Crippen LogP contribution is 2.45. The fourth-order valence-corrected chi connectivity index (χ4v) is 3.11. The van der Waals surface area contributed by atoms with Crippen molar-refractivity contribution in [3.8, 4) is 5.75 Å². The van der Waals surface area contributed by atoms with Crippen LogP contribution < -0.4 is 4.74 Å². The third-order valence-corrected chi connectivity index (χ3v) is 4.33. The van der Waals surface area contributed by atoms with Crippen LogP contribution in [0.4, 0.5) is 0 Å². The maximum absolute atomic E-state index is 5.81. The minimum absolute atomic E-state index is 0.145. The number of hydrogen-bond donors (Lipinski definition) is 0. The molecule has 1 spiro atoms. The summed E-state index contributed by atoms with van der Waals surface area (Å²) >= 11 is 2.39. The summed E-state index contributed by atoms with van der Waals surface area (Å²) in [5.41, 5.74) is 1.49. The molecule has 1 saturated heterocycles. The van der Waals surface area contributed by atoms with Crippen LogP contribution in [0.2, 0.25) is 0 Å². The molecule has 0 amide bonds. The molecule has 80 valence electrons. The van der Waals surface area contributed by atoms with E-state index in [9.17, 15) is 0 Å². The lowest BCUT2D eigenvalue weighted by Gasteiger charge is -2.19. The molecule has 0 unspecified atom stereocenters. The van der Waals surface area contributed by atoms with Gasteiger partial charge in [0.05, 0.1) is 18.1 Å². The van der Waals surface area contributed by atoms with Gasteiger partial charge in [0, 0.05) is 9.99 Å². The Hall–Kier alpha value is -0.290. The van der Waals surface area contributed by atoms with Crippen LogP contribution in [0.3, 0.4) is 0 Å². The van der Waals surface area contributed by atoms with E-state index in [1.807, 2.05) is 6.07 Å². The smallest absolute Gasteiger partial charge is 0.123 e. The minimum atomic E-state index is 0.145. The van der Waals surface area contributed by atoms with E-state index in [0.717, 1.165) is 29.8 Å². The molecule has 0 bridgehead atoms. The molecule has 2 nitrogen and oxygen atoms in total. The number of benzene rings is 1. The van der Waals surface area contributed by atoms with E-state index in [1.54, 1.807) is 0 Å². The van der Waals surface area contributed by atoms with Gasteiger partial charge in [-0.1, -0.05) is 40.8 Å². The Morgan fingerprint density at radius 1 is 1.33 bits per heavy atom. The van der Waals surface area contributed by atoms with E-state index < -0.39 is 0 Å². The molecule has 1 aromatic carbocycles. The summed E-state index contributed by atoms with van der Waals surface area (Å²) in [6, 6.07) is 8.36. The van der Waals surface area contributed by atoms with Gasteiger partial charge in [-0.3, -0.25) is 0 Å². The zero-order valence-electron chi connectivity index (χ0n) is 8.41. The number of para-hydroxylation sites is 1. The Bertz CT molecular complexity index is 380. The molecule has 2 aliphatic heterocycles. The van der Waals surface area contributed by atoms with Crippen LogP contribution in [0.15, 0.2) is 24.3 Å². The highest BCUT2D eigenvalue weighted by Gasteiger charge is 2.46. The van der Waals surface area contributed by atoms with Gasteiger partial charge in [-0.2, -0.15) is 0 Å². The van der Waals surface area contributed by atoms with Gasteiger partial charge in [0.15, 0.2) is 0 Å². The first kappa shape index (κ1) is 9.90. The molecule has 2 atom stereocenters. The molecule has 1 fully saturated rings. The molecule has 0 aliphatic carbocycles. The average Bonchev–Trinajstić information content (AvgIpc) is 2.86. The van der Waals surface area contributed by atoms with Crippen LogP contribution in [0, 0.1) is 0 Å². The predicted molar refractivity (Wildman–Crippen MR) is 66.9 cm³/mol. The molecule has 1 aromatic rings. The van der Waals surface area contributed by atoms with Crippen molar-refractivity contribution in [2.24, 2.45) is 0 Å². The average molecular weight is 316 g/mol. The van der Waals surface area contributed by atoms with Crippen molar-refractivity contribution in [2.75, 3.05) is 17.6 Å². The van der Waals surface area contributed by atoms with Crippen molar-refractivity contribution in [2.45, 2.75) is 17.9 Å². The van der Waals surface area contributed by atoms with E-state index in [-0.39, 0.29) is 5.41 Å². The van der Waals surface area contributed by atoms with Gasteiger partial charge in [0.2, 0.25) is 0 Å². The lowest BCUT2D eigenvalue weighted by molar-refractivity contribution is 0.117. The predicted octanol–water partition coefficient (Wildman–Crippen LogP) is 2.54. The number of fused-ring (bicyclic) bond motifs is 2. The number of hydrogen-bond acceptors (Lipinski definition) is 2. The first-order chi connectivity index (χ1) is 7.34. The van der Waals surface area contributed by atoms with E-state index in [4.69, 9.17) is 9.47 Å². The van der Waals surface area contributed by atoms with Gasteiger partial charge < -0.3 is 9.47 Å². The largest absolute Gasteiger partial charge is 0.492 e.